The van der Waals surface area contributed by atoms with E-state index < -0.39 is 11.2 Å². The van der Waals surface area contributed by atoms with Crippen LogP contribution in [0.1, 0.15) is 13.8 Å². The quantitative estimate of drug-likeness (QED) is 0.569. The van der Waals surface area contributed by atoms with Crippen molar-refractivity contribution in [2.45, 2.75) is 20.4 Å². The average molecular weight is 300 g/mol. The summed E-state index contributed by atoms with van der Waals surface area (Å²) in [7, 11) is 1.39. The fourth-order valence-corrected chi connectivity index (χ4v) is 2.18. The number of nitrogens with two attached hydrogens (primary N) is 1. The van der Waals surface area contributed by atoms with Gasteiger partial charge in [-0.2, -0.15) is 0 Å². The molecule has 1 rings (SSSR count). The molecule has 0 fully saturated rings. The first kappa shape index (κ1) is 17.3. The first-order chi connectivity index (χ1) is 9.84. The van der Waals surface area contributed by atoms with Crippen molar-refractivity contribution in [3.05, 3.63) is 20.8 Å². The zero-order chi connectivity index (χ0) is 16.2. The topological polar surface area (TPSA) is 114 Å². The largest absolute Gasteiger partial charge is 0.395 e. The van der Waals surface area contributed by atoms with Crippen molar-refractivity contribution in [2.24, 2.45) is 13.0 Å². The van der Waals surface area contributed by atoms with Gasteiger partial charge in [0, 0.05) is 26.7 Å². The molecule has 0 saturated carbocycles. The third-order valence-corrected chi connectivity index (χ3v) is 3.16. The Morgan fingerprint density at radius 1 is 1.19 bits per heavy atom. The van der Waals surface area contributed by atoms with Gasteiger partial charge in [-0.05, 0) is 5.92 Å². The normalized spacial score (nSPS) is 11.1. The van der Waals surface area contributed by atoms with Gasteiger partial charge in [-0.15, -0.1) is 0 Å². The molecule has 0 spiro atoms. The highest BCUT2D eigenvalue weighted by Gasteiger charge is 2.20. The summed E-state index contributed by atoms with van der Waals surface area (Å²) in [6, 6.07) is 0. The fourth-order valence-electron chi connectivity index (χ4n) is 2.18. The second kappa shape index (κ2) is 7.28. The Balaban J connectivity index is 3.53. The van der Waals surface area contributed by atoms with Gasteiger partial charge in [-0.1, -0.05) is 13.8 Å². The van der Waals surface area contributed by atoms with E-state index >= 15 is 0 Å². The molecule has 8 heteroatoms. The van der Waals surface area contributed by atoms with Gasteiger partial charge < -0.3 is 20.8 Å². The van der Waals surface area contributed by atoms with E-state index in [9.17, 15) is 9.59 Å². The average Bonchev–Trinajstić information content (AvgIpc) is 2.42. The Hall–Kier alpha value is -1.80. The second-order valence-electron chi connectivity index (χ2n) is 5.32. The van der Waals surface area contributed by atoms with Crippen LogP contribution in [0.2, 0.25) is 0 Å². The minimum absolute atomic E-state index is 0.0682. The molecule has 0 saturated heterocycles. The maximum atomic E-state index is 12.3. The molecule has 120 valence electrons. The number of hydrogen-bond donors (Lipinski definition) is 3. The number of aromatic nitrogens is 2. The Morgan fingerprint density at radius 3 is 2.14 bits per heavy atom. The van der Waals surface area contributed by atoms with E-state index in [2.05, 4.69) is 0 Å². The Bertz CT molecular complexity index is 585. The van der Waals surface area contributed by atoms with Crippen LogP contribution in [0.5, 0.6) is 0 Å². The molecule has 0 unspecified atom stereocenters. The van der Waals surface area contributed by atoms with E-state index in [0.29, 0.717) is 6.54 Å². The lowest BCUT2D eigenvalue weighted by atomic mass is 10.2. The molecule has 0 aliphatic heterocycles. The number of nitrogen functional groups attached to an aromatic ring is 1. The van der Waals surface area contributed by atoms with Crippen LogP contribution >= 0.6 is 0 Å². The van der Waals surface area contributed by atoms with E-state index in [1.807, 2.05) is 13.8 Å². The van der Waals surface area contributed by atoms with Crippen LogP contribution in [0, 0.1) is 5.92 Å². The smallest absolute Gasteiger partial charge is 0.332 e. The maximum absolute atomic E-state index is 12.3. The zero-order valence-corrected chi connectivity index (χ0v) is 12.7. The molecule has 0 bridgehead atoms. The maximum Gasteiger partial charge on any atom is 0.332 e. The SMILES string of the molecule is CC(C)Cn1c(N)c(N(CCO)CCO)c(=O)n(C)c1=O. The van der Waals surface area contributed by atoms with Crippen LogP contribution in [-0.4, -0.2) is 45.7 Å². The van der Waals surface area contributed by atoms with Crippen molar-refractivity contribution in [3.8, 4) is 0 Å². The molecule has 8 nitrogen and oxygen atoms in total. The zero-order valence-electron chi connectivity index (χ0n) is 12.7. The van der Waals surface area contributed by atoms with Crippen LogP contribution < -0.4 is 21.9 Å². The molecule has 0 radical (unpaired) electrons. The van der Waals surface area contributed by atoms with Crippen molar-refractivity contribution in [1.82, 2.24) is 9.13 Å². The predicted octanol–water partition coefficient (Wildman–Crippen LogP) is -1.42. The Morgan fingerprint density at radius 2 is 1.71 bits per heavy atom. The van der Waals surface area contributed by atoms with E-state index in [1.54, 1.807) is 0 Å². The molecule has 0 aliphatic carbocycles. The first-order valence-electron chi connectivity index (χ1n) is 6.91. The van der Waals surface area contributed by atoms with Crippen LogP contribution in [0.25, 0.3) is 0 Å². The van der Waals surface area contributed by atoms with E-state index in [0.717, 1.165) is 4.57 Å². The highest BCUT2D eigenvalue weighted by molar-refractivity contribution is 5.62. The van der Waals surface area contributed by atoms with Crippen LogP contribution in [-0.2, 0) is 13.6 Å². The highest BCUT2D eigenvalue weighted by atomic mass is 16.3. The van der Waals surface area contributed by atoms with Gasteiger partial charge >= 0.3 is 5.69 Å². The van der Waals surface area contributed by atoms with Crippen LogP contribution in [0.4, 0.5) is 11.5 Å². The summed E-state index contributed by atoms with van der Waals surface area (Å²) in [4.78, 5) is 26.0. The number of rotatable bonds is 7. The summed E-state index contributed by atoms with van der Waals surface area (Å²) in [5.41, 5.74) is 5.15. The molecule has 21 heavy (non-hydrogen) atoms. The number of nitrogens with zero attached hydrogens (tertiary/aromatic N) is 3. The number of hydrogen-bond acceptors (Lipinski definition) is 6. The van der Waals surface area contributed by atoms with Gasteiger partial charge in [0.05, 0.1) is 13.2 Å². The molecule has 0 aromatic carbocycles. The summed E-state index contributed by atoms with van der Waals surface area (Å²) in [6.45, 7) is 4.20. The molecule has 1 heterocycles. The lowest BCUT2D eigenvalue weighted by Gasteiger charge is -2.26. The standard InChI is InChI=1S/C13H24N4O4/c1-9(2)8-17-11(14)10(12(20)15(3)13(17)21)16(4-6-18)5-7-19/h9,18-19H,4-8,14H2,1-3H3. The predicted molar refractivity (Wildman–Crippen MR) is 81.6 cm³/mol. The fraction of sp³-hybridized carbons (Fsp3) is 0.692. The van der Waals surface area contributed by atoms with Gasteiger partial charge in [-0.25, -0.2) is 4.79 Å². The van der Waals surface area contributed by atoms with Crippen LogP contribution in [0.3, 0.4) is 0 Å². The van der Waals surface area contributed by atoms with Gasteiger partial charge in [0.25, 0.3) is 5.56 Å². The molecule has 0 aliphatic rings. The minimum Gasteiger partial charge on any atom is -0.395 e. The third kappa shape index (κ3) is 3.64. The van der Waals surface area contributed by atoms with E-state index in [4.69, 9.17) is 15.9 Å². The highest BCUT2D eigenvalue weighted by Crippen LogP contribution is 2.17. The van der Waals surface area contributed by atoms with Crippen molar-refractivity contribution in [1.29, 1.82) is 0 Å². The molecule has 1 aromatic rings. The molecular formula is C13H24N4O4. The van der Waals surface area contributed by atoms with Crippen LogP contribution in [0.15, 0.2) is 9.59 Å². The van der Waals surface area contributed by atoms with Crippen molar-refractivity contribution in [2.75, 3.05) is 36.9 Å². The summed E-state index contributed by atoms with van der Waals surface area (Å²) in [5.74, 6) is 0.248. The summed E-state index contributed by atoms with van der Waals surface area (Å²) >= 11 is 0. The van der Waals surface area contributed by atoms with Crippen molar-refractivity contribution in [3.63, 3.8) is 0 Å². The monoisotopic (exact) mass is 300 g/mol. The molecule has 1 aromatic heterocycles. The molecule has 0 amide bonds. The Kier molecular flexibility index (Phi) is 5.98. The summed E-state index contributed by atoms with van der Waals surface area (Å²) in [5, 5.41) is 18.2. The Labute approximate surface area is 123 Å². The number of aliphatic hydroxyl groups is 2. The minimum atomic E-state index is -0.528. The van der Waals surface area contributed by atoms with Crippen molar-refractivity contribution < 1.29 is 10.2 Å². The van der Waals surface area contributed by atoms with Crippen molar-refractivity contribution >= 4 is 11.5 Å². The molecule has 4 N–H and O–H groups in total. The van der Waals surface area contributed by atoms with E-state index in [1.165, 1.54) is 16.5 Å². The van der Waals surface area contributed by atoms with Gasteiger partial charge in [0.15, 0.2) is 0 Å². The third-order valence-electron chi connectivity index (χ3n) is 3.16. The van der Waals surface area contributed by atoms with Gasteiger partial charge in [0.2, 0.25) is 0 Å². The van der Waals surface area contributed by atoms with Gasteiger partial charge in [-0.3, -0.25) is 13.9 Å². The first-order valence-corrected chi connectivity index (χ1v) is 6.91. The van der Waals surface area contributed by atoms with Gasteiger partial charge in [0.1, 0.15) is 11.5 Å². The second-order valence-corrected chi connectivity index (χ2v) is 5.32. The lowest BCUT2D eigenvalue weighted by molar-refractivity contribution is 0.281. The summed E-state index contributed by atoms with van der Waals surface area (Å²) in [6.07, 6.45) is 0. The summed E-state index contributed by atoms with van der Waals surface area (Å²) < 4.78 is 2.35. The number of anilines is 2. The molecular weight excluding hydrogens is 276 g/mol. The lowest BCUT2D eigenvalue weighted by Crippen LogP contribution is -2.45. The molecule has 0 atom stereocenters. The van der Waals surface area contributed by atoms with E-state index in [-0.39, 0.29) is 43.7 Å². The number of aliphatic hydroxyl groups excluding tert-OH is 2.